The topological polar surface area (TPSA) is 13.1 Å². The van der Waals surface area contributed by atoms with Gasteiger partial charge in [-0.2, -0.15) is 0 Å². The molecule has 0 atom stereocenters. The highest BCUT2D eigenvalue weighted by Gasteiger charge is 2.20. The summed E-state index contributed by atoms with van der Waals surface area (Å²) >= 11 is 0. The molecular weight excluding hydrogens is 472 g/mol. The van der Waals surface area contributed by atoms with Crippen LogP contribution < -0.4 is 0 Å². The van der Waals surface area contributed by atoms with E-state index in [-0.39, 0.29) is 0 Å². The van der Waals surface area contributed by atoms with Crippen molar-refractivity contribution in [3.8, 4) is 56.0 Å². The predicted molar refractivity (Wildman–Crippen MR) is 163 cm³/mol. The van der Waals surface area contributed by atoms with Gasteiger partial charge < -0.3 is 4.42 Å². The van der Waals surface area contributed by atoms with E-state index in [1.54, 1.807) is 0 Å². The van der Waals surface area contributed by atoms with Crippen LogP contribution in [0.1, 0.15) is 0 Å². The van der Waals surface area contributed by atoms with Crippen LogP contribution in [0.5, 0.6) is 0 Å². The van der Waals surface area contributed by atoms with Gasteiger partial charge in [-0.15, -0.1) is 0 Å². The summed E-state index contributed by atoms with van der Waals surface area (Å²) in [6.07, 6.45) is 0. The second-order valence-corrected chi connectivity index (χ2v) is 9.75. The lowest BCUT2D eigenvalue weighted by molar-refractivity contribution is 0.602. The van der Waals surface area contributed by atoms with Crippen LogP contribution in [0.25, 0.3) is 66.8 Å². The highest BCUT2D eigenvalue weighted by Crippen LogP contribution is 2.44. The molecule has 0 aliphatic carbocycles. The van der Waals surface area contributed by atoms with Crippen LogP contribution in [0, 0.1) is 0 Å². The van der Waals surface area contributed by atoms with Gasteiger partial charge in [0.25, 0.3) is 0 Å². The molecule has 39 heavy (non-hydrogen) atoms. The molecule has 1 heterocycles. The molecule has 7 rings (SSSR count). The van der Waals surface area contributed by atoms with Gasteiger partial charge in [-0.1, -0.05) is 140 Å². The molecule has 0 saturated carbocycles. The number of rotatable bonds is 5. The van der Waals surface area contributed by atoms with E-state index in [0.717, 1.165) is 39.0 Å². The van der Waals surface area contributed by atoms with Crippen molar-refractivity contribution < 1.29 is 4.42 Å². The Hall–Kier alpha value is -5.14. The molecule has 1 aromatic heterocycles. The van der Waals surface area contributed by atoms with Crippen LogP contribution in [0.2, 0.25) is 0 Å². The molecule has 0 aliphatic heterocycles. The van der Waals surface area contributed by atoms with E-state index < -0.39 is 0 Å². The number of hydrogen-bond acceptors (Lipinski definition) is 1. The van der Waals surface area contributed by atoms with Crippen LogP contribution in [-0.4, -0.2) is 0 Å². The zero-order valence-electron chi connectivity index (χ0n) is 21.4. The molecule has 0 saturated heterocycles. The Morgan fingerprint density at radius 1 is 0.282 bits per heavy atom. The van der Waals surface area contributed by atoms with Crippen LogP contribution in [0.4, 0.5) is 0 Å². The van der Waals surface area contributed by atoms with Gasteiger partial charge >= 0.3 is 0 Å². The van der Waals surface area contributed by atoms with Gasteiger partial charge in [0.15, 0.2) is 0 Å². The molecule has 184 valence electrons. The maximum absolute atomic E-state index is 6.84. The molecule has 0 unspecified atom stereocenters. The van der Waals surface area contributed by atoms with Crippen LogP contribution in [0.3, 0.4) is 0 Å². The summed E-state index contributed by atoms with van der Waals surface area (Å²) in [7, 11) is 0. The minimum atomic E-state index is 0.893. The molecule has 6 aromatic carbocycles. The first-order chi connectivity index (χ1) is 19.3. The minimum Gasteiger partial charge on any atom is -0.455 e. The zero-order chi connectivity index (χ0) is 26.0. The van der Waals surface area contributed by atoms with Crippen LogP contribution in [0.15, 0.2) is 162 Å². The van der Waals surface area contributed by atoms with Gasteiger partial charge in [0.2, 0.25) is 0 Å². The SMILES string of the molecule is c1ccc(-c2cccc(-c3oc(-c4ccc(-c5ccccc5)cc4-c4ccccc4)c4ccccc34)c2)cc1. The smallest absolute Gasteiger partial charge is 0.143 e. The molecule has 0 amide bonds. The first-order valence-corrected chi connectivity index (χ1v) is 13.3. The Morgan fingerprint density at radius 3 is 1.41 bits per heavy atom. The van der Waals surface area contributed by atoms with Gasteiger partial charge in [0, 0.05) is 21.9 Å². The predicted octanol–water partition coefficient (Wildman–Crippen LogP) is 10.8. The van der Waals surface area contributed by atoms with Gasteiger partial charge in [0.1, 0.15) is 11.5 Å². The van der Waals surface area contributed by atoms with Crippen LogP contribution >= 0.6 is 0 Å². The highest BCUT2D eigenvalue weighted by molar-refractivity contribution is 6.05. The first-order valence-electron chi connectivity index (χ1n) is 13.3. The molecule has 0 fully saturated rings. The lowest BCUT2D eigenvalue weighted by Crippen LogP contribution is -1.87. The molecule has 1 heteroatoms. The Labute approximate surface area is 228 Å². The van der Waals surface area contributed by atoms with E-state index in [0.29, 0.717) is 0 Å². The van der Waals surface area contributed by atoms with E-state index >= 15 is 0 Å². The molecule has 0 bridgehead atoms. The van der Waals surface area contributed by atoms with Crippen molar-refractivity contribution in [2.75, 3.05) is 0 Å². The fraction of sp³-hybridized carbons (Fsp3) is 0. The third-order valence-corrected chi connectivity index (χ3v) is 7.31. The second kappa shape index (κ2) is 9.96. The van der Waals surface area contributed by atoms with Gasteiger partial charge in [-0.3, -0.25) is 0 Å². The molecule has 0 aliphatic rings. The molecule has 0 N–H and O–H groups in total. The summed E-state index contributed by atoms with van der Waals surface area (Å²) in [5.41, 5.74) is 9.22. The van der Waals surface area contributed by atoms with E-state index in [2.05, 4.69) is 152 Å². The summed E-state index contributed by atoms with van der Waals surface area (Å²) in [6.45, 7) is 0. The summed E-state index contributed by atoms with van der Waals surface area (Å²) < 4.78 is 6.84. The average molecular weight is 499 g/mol. The number of benzene rings is 6. The van der Waals surface area contributed by atoms with Crippen molar-refractivity contribution in [3.63, 3.8) is 0 Å². The fourth-order valence-corrected chi connectivity index (χ4v) is 5.39. The van der Waals surface area contributed by atoms with Crippen molar-refractivity contribution >= 4 is 10.8 Å². The van der Waals surface area contributed by atoms with E-state index in [4.69, 9.17) is 4.42 Å². The maximum atomic E-state index is 6.84. The molecular formula is C38H26O. The van der Waals surface area contributed by atoms with Crippen LogP contribution in [-0.2, 0) is 0 Å². The van der Waals surface area contributed by atoms with Gasteiger partial charge in [0.05, 0.1) is 0 Å². The van der Waals surface area contributed by atoms with Crippen molar-refractivity contribution in [2.45, 2.75) is 0 Å². The highest BCUT2D eigenvalue weighted by atomic mass is 16.3. The van der Waals surface area contributed by atoms with E-state index in [1.807, 2.05) is 6.07 Å². The lowest BCUT2D eigenvalue weighted by Gasteiger charge is -2.12. The standard InChI is InChI=1S/C38H26O/c1-4-13-27(14-5-1)30-19-12-20-32(25-30)37-33-21-10-11-22-34(33)38(39-37)35-24-23-31(28-15-6-2-7-16-28)26-36(35)29-17-8-3-9-18-29/h1-26H. The summed E-state index contributed by atoms with van der Waals surface area (Å²) in [5, 5.41) is 2.23. The number of hydrogen-bond donors (Lipinski definition) is 0. The Morgan fingerprint density at radius 2 is 0.769 bits per heavy atom. The zero-order valence-corrected chi connectivity index (χ0v) is 21.4. The third kappa shape index (κ3) is 4.35. The summed E-state index contributed by atoms with van der Waals surface area (Å²) in [5.74, 6) is 1.79. The normalized spacial score (nSPS) is 11.1. The molecule has 0 radical (unpaired) electrons. The van der Waals surface area contributed by atoms with Crippen molar-refractivity contribution in [1.29, 1.82) is 0 Å². The van der Waals surface area contributed by atoms with Crippen molar-refractivity contribution in [1.82, 2.24) is 0 Å². The quantitative estimate of drug-likeness (QED) is 0.230. The lowest BCUT2D eigenvalue weighted by atomic mass is 9.92. The Kier molecular flexibility index (Phi) is 5.88. The monoisotopic (exact) mass is 498 g/mol. The average Bonchev–Trinajstić information content (AvgIpc) is 3.42. The second-order valence-electron chi connectivity index (χ2n) is 9.75. The Balaban J connectivity index is 1.43. The first kappa shape index (κ1) is 23.0. The molecule has 0 spiro atoms. The van der Waals surface area contributed by atoms with Crippen molar-refractivity contribution in [2.24, 2.45) is 0 Å². The summed E-state index contributed by atoms with van der Waals surface area (Å²) in [6, 6.07) is 55.4. The van der Waals surface area contributed by atoms with E-state index in [1.165, 1.54) is 27.8 Å². The molecule has 1 nitrogen and oxygen atoms in total. The maximum Gasteiger partial charge on any atom is 0.143 e. The summed E-state index contributed by atoms with van der Waals surface area (Å²) in [4.78, 5) is 0. The number of furan rings is 1. The van der Waals surface area contributed by atoms with Gasteiger partial charge in [-0.25, -0.2) is 0 Å². The largest absolute Gasteiger partial charge is 0.455 e. The fourth-order valence-electron chi connectivity index (χ4n) is 5.39. The Bertz CT molecular complexity index is 1880. The molecule has 7 aromatic rings. The third-order valence-electron chi connectivity index (χ3n) is 7.31. The number of fused-ring (bicyclic) bond motifs is 1. The van der Waals surface area contributed by atoms with Gasteiger partial charge in [-0.05, 0) is 51.6 Å². The van der Waals surface area contributed by atoms with Crippen molar-refractivity contribution in [3.05, 3.63) is 158 Å². The minimum absolute atomic E-state index is 0.893. The van der Waals surface area contributed by atoms with E-state index in [9.17, 15) is 0 Å².